The van der Waals surface area contributed by atoms with Gasteiger partial charge >= 0.3 is 5.69 Å². The molecule has 1 atom stereocenters. The van der Waals surface area contributed by atoms with Crippen LogP contribution in [0.2, 0.25) is 0 Å². The van der Waals surface area contributed by atoms with E-state index >= 15 is 0 Å². The molecule has 10 heteroatoms. The molecule has 0 bridgehead atoms. The average Bonchev–Trinajstić information content (AvgIpc) is 3.11. The highest BCUT2D eigenvalue weighted by Gasteiger charge is 2.28. The van der Waals surface area contributed by atoms with Gasteiger partial charge in [0.25, 0.3) is 5.56 Å². The minimum Gasteiger partial charge on any atom is -0.340 e. The molecule has 1 unspecified atom stereocenters. The first kappa shape index (κ1) is 18.1. The number of aromatic amines is 1. The molecule has 0 radical (unpaired) electrons. The van der Waals surface area contributed by atoms with Gasteiger partial charge in [0.1, 0.15) is 17.9 Å². The lowest BCUT2D eigenvalue weighted by Gasteiger charge is -2.32. The fraction of sp³-hybridized carbons (Fsp3) is 0.444. The molecule has 10 nitrogen and oxygen atoms in total. The third-order valence-corrected chi connectivity index (χ3v) is 5.16. The van der Waals surface area contributed by atoms with Gasteiger partial charge < -0.3 is 4.90 Å². The van der Waals surface area contributed by atoms with Crippen LogP contribution < -0.4 is 11.2 Å². The molecule has 1 aliphatic heterocycles. The van der Waals surface area contributed by atoms with Crippen molar-refractivity contribution in [2.45, 2.75) is 38.8 Å². The predicted octanol–water partition coefficient (Wildman–Crippen LogP) is 0.102. The molecule has 28 heavy (non-hydrogen) atoms. The van der Waals surface area contributed by atoms with Gasteiger partial charge in [0.2, 0.25) is 5.91 Å². The van der Waals surface area contributed by atoms with Crippen molar-refractivity contribution in [3.8, 4) is 0 Å². The normalized spacial score (nSPS) is 17.2. The summed E-state index contributed by atoms with van der Waals surface area (Å²) in [6.07, 6.45) is 1.66. The van der Waals surface area contributed by atoms with Crippen molar-refractivity contribution in [2.75, 3.05) is 13.1 Å². The number of carbonyl (C=O) groups is 1. The Labute approximate surface area is 159 Å². The van der Waals surface area contributed by atoms with E-state index < -0.39 is 0 Å². The fourth-order valence-corrected chi connectivity index (χ4v) is 3.72. The Bertz CT molecular complexity index is 1130. The van der Waals surface area contributed by atoms with Gasteiger partial charge in [-0.3, -0.25) is 14.2 Å². The van der Waals surface area contributed by atoms with E-state index in [1.807, 2.05) is 6.92 Å². The first-order chi connectivity index (χ1) is 13.6. The summed E-state index contributed by atoms with van der Waals surface area (Å²) in [5.41, 5.74) is -0.0659. The smallest absolute Gasteiger partial charge is 0.340 e. The molecule has 1 saturated heterocycles. The highest BCUT2D eigenvalue weighted by molar-refractivity contribution is 5.78. The van der Waals surface area contributed by atoms with Crippen molar-refractivity contribution in [2.24, 2.45) is 0 Å². The number of H-pyrrole nitrogens is 1. The Morgan fingerprint density at radius 2 is 2.11 bits per heavy atom. The topological polar surface area (TPSA) is 119 Å². The molecule has 1 fully saturated rings. The first-order valence-electron chi connectivity index (χ1n) is 9.34. The van der Waals surface area contributed by atoms with Gasteiger partial charge in [0.15, 0.2) is 0 Å². The van der Waals surface area contributed by atoms with E-state index in [0.29, 0.717) is 36.4 Å². The van der Waals surface area contributed by atoms with Gasteiger partial charge in [-0.15, -0.1) is 5.10 Å². The van der Waals surface area contributed by atoms with Gasteiger partial charge in [0.05, 0.1) is 5.39 Å². The van der Waals surface area contributed by atoms with Crippen molar-refractivity contribution < 1.29 is 4.79 Å². The number of hydrogen-bond donors (Lipinski definition) is 1. The monoisotopic (exact) mass is 383 g/mol. The summed E-state index contributed by atoms with van der Waals surface area (Å²) in [5.74, 6) is 0.459. The number of benzene rings is 1. The molecule has 1 aromatic carbocycles. The molecule has 0 aliphatic carbocycles. The van der Waals surface area contributed by atoms with Crippen LogP contribution in [-0.2, 0) is 17.9 Å². The van der Waals surface area contributed by atoms with E-state index in [0.717, 1.165) is 17.5 Å². The van der Waals surface area contributed by atoms with Crippen LogP contribution >= 0.6 is 0 Å². The van der Waals surface area contributed by atoms with Crippen LogP contribution in [0.3, 0.4) is 0 Å². The molecular weight excluding hydrogens is 362 g/mol. The molecular formula is C18H21N7O3. The second kappa shape index (κ2) is 7.37. The molecule has 1 amide bonds. The zero-order valence-electron chi connectivity index (χ0n) is 15.5. The van der Waals surface area contributed by atoms with Gasteiger partial charge in [-0.1, -0.05) is 17.3 Å². The summed E-state index contributed by atoms with van der Waals surface area (Å²) in [4.78, 5) is 38.9. The minimum absolute atomic E-state index is 0.0176. The maximum Gasteiger partial charge on any atom is 0.343 e. The van der Waals surface area contributed by atoms with Gasteiger partial charge in [-0.2, -0.15) is 5.10 Å². The highest BCUT2D eigenvalue weighted by atomic mass is 16.2. The van der Waals surface area contributed by atoms with E-state index in [1.54, 1.807) is 33.7 Å². The van der Waals surface area contributed by atoms with Crippen LogP contribution in [0.25, 0.3) is 10.9 Å². The van der Waals surface area contributed by atoms with Crippen LogP contribution in [0, 0.1) is 0 Å². The molecule has 1 N–H and O–H groups in total. The number of hydrogen-bond acceptors (Lipinski definition) is 6. The second-order valence-corrected chi connectivity index (χ2v) is 6.88. The van der Waals surface area contributed by atoms with E-state index in [2.05, 4.69) is 20.5 Å². The highest BCUT2D eigenvalue weighted by Crippen LogP contribution is 2.25. The van der Waals surface area contributed by atoms with Crippen LogP contribution in [0.1, 0.15) is 31.5 Å². The lowest BCUT2D eigenvalue weighted by molar-refractivity contribution is -0.133. The number of amides is 1. The largest absolute Gasteiger partial charge is 0.343 e. The number of piperidine rings is 1. The molecule has 3 aromatic rings. The Hall–Kier alpha value is -3.30. The van der Waals surface area contributed by atoms with Gasteiger partial charge in [-0.05, 0) is 31.9 Å². The number of rotatable bonds is 4. The first-order valence-corrected chi connectivity index (χ1v) is 9.34. The standard InChI is InChI=1S/C18H21N7O3/c1-2-24-16(20-21-18(24)28)12-6-5-9-23(10-12)15(26)11-25-17(27)13-7-3-4-8-14(13)19-22-25/h3-4,7-8,12H,2,5-6,9-11H2,1H3,(H,21,28). The molecule has 3 heterocycles. The number of aromatic nitrogens is 6. The summed E-state index contributed by atoms with van der Waals surface area (Å²) in [7, 11) is 0. The minimum atomic E-state index is -0.334. The van der Waals surface area contributed by atoms with E-state index in [-0.39, 0.29) is 29.6 Å². The van der Waals surface area contributed by atoms with Crippen LogP contribution in [0.4, 0.5) is 0 Å². The lowest BCUT2D eigenvalue weighted by atomic mass is 9.97. The molecule has 1 aliphatic rings. The summed E-state index contributed by atoms with van der Waals surface area (Å²) in [5, 5.41) is 15.0. The van der Waals surface area contributed by atoms with Crippen molar-refractivity contribution in [1.29, 1.82) is 0 Å². The molecule has 2 aromatic heterocycles. The SMILES string of the molecule is CCn1c(C2CCCN(C(=O)Cn3nnc4ccccc4c3=O)C2)n[nH]c1=O. The summed E-state index contributed by atoms with van der Waals surface area (Å²) in [6, 6.07) is 6.92. The number of carbonyl (C=O) groups excluding carboxylic acids is 1. The number of likely N-dealkylation sites (tertiary alicyclic amines) is 1. The van der Waals surface area contributed by atoms with E-state index in [4.69, 9.17) is 0 Å². The van der Waals surface area contributed by atoms with Crippen LogP contribution in [0.5, 0.6) is 0 Å². The predicted molar refractivity (Wildman–Crippen MR) is 101 cm³/mol. The number of nitrogens with one attached hydrogen (secondary N) is 1. The van der Waals surface area contributed by atoms with E-state index in [9.17, 15) is 14.4 Å². The Kier molecular flexibility index (Phi) is 4.76. The molecule has 146 valence electrons. The summed E-state index contributed by atoms with van der Waals surface area (Å²) < 4.78 is 2.70. The molecule has 0 spiro atoms. The zero-order chi connectivity index (χ0) is 19.7. The summed E-state index contributed by atoms with van der Waals surface area (Å²) >= 11 is 0. The van der Waals surface area contributed by atoms with Gasteiger partial charge in [-0.25, -0.2) is 14.6 Å². The van der Waals surface area contributed by atoms with Crippen molar-refractivity contribution in [1.82, 2.24) is 34.7 Å². The average molecular weight is 383 g/mol. The van der Waals surface area contributed by atoms with Crippen molar-refractivity contribution in [3.63, 3.8) is 0 Å². The van der Waals surface area contributed by atoms with Crippen LogP contribution in [0.15, 0.2) is 33.9 Å². The Morgan fingerprint density at radius 1 is 1.29 bits per heavy atom. The maximum absolute atomic E-state index is 12.8. The van der Waals surface area contributed by atoms with Crippen LogP contribution in [-0.4, -0.2) is 53.7 Å². The molecule has 4 rings (SSSR count). The Balaban J connectivity index is 1.53. The van der Waals surface area contributed by atoms with Gasteiger partial charge in [0, 0.05) is 25.6 Å². The summed E-state index contributed by atoms with van der Waals surface area (Å²) in [6.45, 7) is 3.31. The maximum atomic E-state index is 12.8. The fourth-order valence-electron chi connectivity index (χ4n) is 3.72. The van der Waals surface area contributed by atoms with Crippen molar-refractivity contribution in [3.05, 3.63) is 50.9 Å². The number of fused-ring (bicyclic) bond motifs is 1. The number of nitrogens with zero attached hydrogens (tertiary/aromatic N) is 6. The zero-order valence-corrected chi connectivity index (χ0v) is 15.5. The van der Waals surface area contributed by atoms with E-state index in [1.165, 1.54) is 0 Å². The Morgan fingerprint density at radius 3 is 2.93 bits per heavy atom. The molecule has 0 saturated carbocycles. The quantitative estimate of drug-likeness (QED) is 0.683. The lowest BCUT2D eigenvalue weighted by Crippen LogP contribution is -2.43. The third-order valence-electron chi connectivity index (χ3n) is 5.16. The third kappa shape index (κ3) is 3.21. The van der Waals surface area contributed by atoms with Crippen molar-refractivity contribution >= 4 is 16.8 Å². The second-order valence-electron chi connectivity index (χ2n) is 6.88.